The lowest BCUT2D eigenvalue weighted by Gasteiger charge is -2.14. The number of allylic oxidation sites excluding steroid dienone is 2. The van der Waals surface area contributed by atoms with Crippen LogP contribution in [0, 0.1) is 11.8 Å². The van der Waals surface area contributed by atoms with Gasteiger partial charge in [0.25, 0.3) is 0 Å². The van der Waals surface area contributed by atoms with Gasteiger partial charge in [0.05, 0.1) is 0 Å². The molecule has 0 aromatic rings. The van der Waals surface area contributed by atoms with Crippen molar-refractivity contribution in [1.82, 2.24) is 0 Å². The Hall–Kier alpha value is -0.590. The molecule has 0 aromatic heterocycles. The van der Waals surface area contributed by atoms with Crippen molar-refractivity contribution in [2.75, 3.05) is 0 Å². The molecular weight excluding hydrogens is 148 g/mol. The highest BCUT2D eigenvalue weighted by Gasteiger charge is 2.12. The van der Waals surface area contributed by atoms with Crippen molar-refractivity contribution in [1.29, 1.82) is 0 Å². The molecule has 1 heteroatoms. The molecule has 0 heterocycles. The zero-order valence-corrected chi connectivity index (χ0v) is 8.63. The molecule has 0 N–H and O–H groups in total. The van der Waals surface area contributed by atoms with E-state index >= 15 is 0 Å². The number of hydrogen-bond donors (Lipinski definition) is 0. The number of rotatable bonds is 5. The molecule has 0 fully saturated rings. The van der Waals surface area contributed by atoms with Crippen LogP contribution in [-0.4, -0.2) is 6.29 Å². The van der Waals surface area contributed by atoms with Crippen molar-refractivity contribution in [3.63, 3.8) is 0 Å². The lowest BCUT2D eigenvalue weighted by molar-refractivity contribution is -0.112. The van der Waals surface area contributed by atoms with Crippen LogP contribution in [0.5, 0.6) is 0 Å². The minimum atomic E-state index is 0.213. The minimum absolute atomic E-state index is 0.213. The molecule has 0 saturated heterocycles. The molecular formula is C11H20O. The molecule has 12 heavy (non-hydrogen) atoms. The van der Waals surface area contributed by atoms with E-state index in [9.17, 15) is 4.79 Å². The fraction of sp³-hybridized carbons (Fsp3) is 0.727. The third-order valence-electron chi connectivity index (χ3n) is 2.07. The fourth-order valence-corrected chi connectivity index (χ4v) is 1.44. The first kappa shape index (κ1) is 11.4. The summed E-state index contributed by atoms with van der Waals surface area (Å²) in [6, 6.07) is 0. The summed E-state index contributed by atoms with van der Waals surface area (Å²) in [6.45, 7) is 8.38. The predicted octanol–water partition coefficient (Wildman–Crippen LogP) is 3.20. The molecule has 0 aliphatic carbocycles. The average molecular weight is 168 g/mol. The SMILES string of the molecule is CCCC(C=O)C(C)C=C(C)C. The van der Waals surface area contributed by atoms with Crippen LogP contribution in [0.2, 0.25) is 0 Å². The van der Waals surface area contributed by atoms with Crippen LogP contribution in [0.15, 0.2) is 11.6 Å². The van der Waals surface area contributed by atoms with E-state index in [2.05, 4.69) is 33.8 Å². The zero-order chi connectivity index (χ0) is 9.56. The minimum Gasteiger partial charge on any atom is -0.303 e. The van der Waals surface area contributed by atoms with Gasteiger partial charge in [-0.25, -0.2) is 0 Å². The first-order chi connectivity index (χ1) is 5.61. The molecule has 1 nitrogen and oxygen atoms in total. The molecule has 0 radical (unpaired) electrons. The van der Waals surface area contributed by atoms with Crippen molar-refractivity contribution in [2.45, 2.75) is 40.5 Å². The van der Waals surface area contributed by atoms with Crippen LogP contribution in [0.3, 0.4) is 0 Å². The van der Waals surface area contributed by atoms with Gasteiger partial charge in [0, 0.05) is 5.92 Å². The van der Waals surface area contributed by atoms with E-state index in [1.165, 1.54) is 5.57 Å². The molecule has 0 aliphatic heterocycles. The Bertz CT molecular complexity index is 154. The highest BCUT2D eigenvalue weighted by molar-refractivity contribution is 5.54. The van der Waals surface area contributed by atoms with Crippen molar-refractivity contribution in [2.24, 2.45) is 11.8 Å². The zero-order valence-electron chi connectivity index (χ0n) is 8.63. The summed E-state index contributed by atoms with van der Waals surface area (Å²) in [4.78, 5) is 10.7. The van der Waals surface area contributed by atoms with Crippen molar-refractivity contribution >= 4 is 6.29 Å². The van der Waals surface area contributed by atoms with Gasteiger partial charge in [-0.05, 0) is 26.2 Å². The summed E-state index contributed by atoms with van der Waals surface area (Å²) < 4.78 is 0. The molecule has 0 saturated carbocycles. The van der Waals surface area contributed by atoms with E-state index in [0.29, 0.717) is 5.92 Å². The van der Waals surface area contributed by atoms with E-state index in [-0.39, 0.29) is 5.92 Å². The Morgan fingerprint density at radius 3 is 2.33 bits per heavy atom. The van der Waals surface area contributed by atoms with Gasteiger partial charge in [-0.1, -0.05) is 31.9 Å². The average Bonchev–Trinajstić information content (AvgIpc) is 1.98. The van der Waals surface area contributed by atoms with Crippen LogP contribution < -0.4 is 0 Å². The Labute approximate surface area is 75.9 Å². The molecule has 0 rings (SSSR count). The summed E-state index contributed by atoms with van der Waals surface area (Å²) in [5.74, 6) is 0.609. The quantitative estimate of drug-likeness (QED) is 0.455. The third-order valence-corrected chi connectivity index (χ3v) is 2.07. The summed E-state index contributed by atoms with van der Waals surface area (Å²) in [5, 5.41) is 0. The van der Waals surface area contributed by atoms with Gasteiger partial charge >= 0.3 is 0 Å². The molecule has 2 atom stereocenters. The van der Waals surface area contributed by atoms with Crippen LogP contribution in [-0.2, 0) is 4.79 Å². The Balaban J connectivity index is 4.11. The highest BCUT2D eigenvalue weighted by Crippen LogP contribution is 2.17. The molecule has 0 amide bonds. The highest BCUT2D eigenvalue weighted by atomic mass is 16.1. The molecule has 2 unspecified atom stereocenters. The second kappa shape index (κ2) is 5.99. The third kappa shape index (κ3) is 4.32. The van der Waals surface area contributed by atoms with Gasteiger partial charge in [0.1, 0.15) is 6.29 Å². The summed E-state index contributed by atoms with van der Waals surface area (Å²) in [7, 11) is 0. The standard InChI is InChI=1S/C11H20O/c1-5-6-11(8-12)10(4)7-9(2)3/h7-8,10-11H,5-6H2,1-4H3. The van der Waals surface area contributed by atoms with Gasteiger partial charge in [-0.3, -0.25) is 0 Å². The van der Waals surface area contributed by atoms with E-state index in [1.54, 1.807) is 0 Å². The maximum absolute atomic E-state index is 10.7. The molecule has 0 bridgehead atoms. The van der Waals surface area contributed by atoms with Crippen LogP contribution >= 0.6 is 0 Å². The lowest BCUT2D eigenvalue weighted by atomic mass is 9.90. The van der Waals surface area contributed by atoms with E-state index in [0.717, 1.165) is 19.1 Å². The van der Waals surface area contributed by atoms with Crippen molar-refractivity contribution in [3.05, 3.63) is 11.6 Å². The smallest absolute Gasteiger partial charge is 0.123 e. The topological polar surface area (TPSA) is 17.1 Å². The van der Waals surface area contributed by atoms with Gasteiger partial charge in [0.2, 0.25) is 0 Å². The van der Waals surface area contributed by atoms with E-state index < -0.39 is 0 Å². The predicted molar refractivity (Wildman–Crippen MR) is 53.1 cm³/mol. The molecule has 70 valence electrons. The van der Waals surface area contributed by atoms with Crippen LogP contribution in [0.4, 0.5) is 0 Å². The Kier molecular flexibility index (Phi) is 5.69. The van der Waals surface area contributed by atoms with Gasteiger partial charge in [-0.2, -0.15) is 0 Å². The van der Waals surface area contributed by atoms with Gasteiger partial charge < -0.3 is 4.79 Å². The monoisotopic (exact) mass is 168 g/mol. The fourth-order valence-electron chi connectivity index (χ4n) is 1.44. The summed E-state index contributed by atoms with van der Waals surface area (Å²) in [5.41, 5.74) is 1.30. The van der Waals surface area contributed by atoms with Gasteiger partial charge in [-0.15, -0.1) is 0 Å². The van der Waals surface area contributed by atoms with Crippen molar-refractivity contribution in [3.8, 4) is 0 Å². The van der Waals surface area contributed by atoms with Crippen molar-refractivity contribution < 1.29 is 4.79 Å². The Morgan fingerprint density at radius 2 is 2.00 bits per heavy atom. The lowest BCUT2D eigenvalue weighted by Crippen LogP contribution is -2.11. The summed E-state index contributed by atoms with van der Waals surface area (Å²) in [6.07, 6.45) is 5.36. The van der Waals surface area contributed by atoms with E-state index in [1.807, 2.05) is 0 Å². The number of carbonyl (C=O) groups excluding carboxylic acids is 1. The number of hydrogen-bond acceptors (Lipinski definition) is 1. The molecule has 0 aliphatic rings. The summed E-state index contributed by atoms with van der Waals surface area (Å²) >= 11 is 0. The number of carbonyl (C=O) groups is 1. The maximum Gasteiger partial charge on any atom is 0.123 e. The second-order valence-electron chi connectivity index (χ2n) is 3.69. The normalized spacial score (nSPS) is 15.0. The number of aldehydes is 1. The Morgan fingerprint density at radius 1 is 1.42 bits per heavy atom. The van der Waals surface area contributed by atoms with Gasteiger partial charge in [0.15, 0.2) is 0 Å². The maximum atomic E-state index is 10.7. The molecule has 0 spiro atoms. The van der Waals surface area contributed by atoms with E-state index in [4.69, 9.17) is 0 Å². The van der Waals surface area contributed by atoms with Crippen LogP contribution in [0.25, 0.3) is 0 Å². The molecule has 0 aromatic carbocycles. The first-order valence-corrected chi connectivity index (χ1v) is 4.72. The second-order valence-corrected chi connectivity index (χ2v) is 3.69. The first-order valence-electron chi connectivity index (χ1n) is 4.72. The van der Waals surface area contributed by atoms with Crippen LogP contribution in [0.1, 0.15) is 40.5 Å². The largest absolute Gasteiger partial charge is 0.303 e.